The predicted octanol–water partition coefficient (Wildman–Crippen LogP) is 1.11. The zero-order valence-electron chi connectivity index (χ0n) is 20.1. The summed E-state index contributed by atoms with van der Waals surface area (Å²) in [5, 5.41) is 10.7. The van der Waals surface area contributed by atoms with Gasteiger partial charge in [-0.25, -0.2) is 9.59 Å². The topological polar surface area (TPSA) is 159 Å². The first kappa shape index (κ1) is 22.3. The molecule has 1 aliphatic carbocycles. The van der Waals surface area contributed by atoms with Crippen LogP contribution in [-0.2, 0) is 33.6 Å². The number of nitrogens with one attached hydrogen (secondary N) is 4. The molecule has 2 aromatic carbocycles. The summed E-state index contributed by atoms with van der Waals surface area (Å²) in [6, 6.07) is 9.04. The number of rotatable bonds is 4. The number of aryl methyl sites for hydroxylation is 1. The summed E-state index contributed by atoms with van der Waals surface area (Å²) in [7, 11) is 1.51. The molecule has 0 bridgehead atoms. The molecule has 0 radical (unpaired) electrons. The molecule has 7 amide bonds. The Bertz CT molecular complexity index is 1640. The van der Waals surface area contributed by atoms with Crippen molar-refractivity contribution in [3.63, 3.8) is 0 Å². The lowest BCUT2D eigenvalue weighted by Crippen LogP contribution is -2.52. The third-order valence-electron chi connectivity index (χ3n) is 7.95. The molecule has 4 aliphatic rings. The highest BCUT2D eigenvalue weighted by Gasteiger charge is 2.54. The van der Waals surface area contributed by atoms with Crippen LogP contribution < -0.4 is 26.0 Å². The van der Waals surface area contributed by atoms with Gasteiger partial charge in [0.1, 0.15) is 22.6 Å². The van der Waals surface area contributed by atoms with E-state index in [0.29, 0.717) is 40.7 Å². The van der Waals surface area contributed by atoms with Gasteiger partial charge in [0.05, 0.1) is 13.7 Å². The van der Waals surface area contributed by atoms with Crippen LogP contribution in [0.5, 0.6) is 5.75 Å². The Morgan fingerprint density at radius 1 is 0.974 bits per heavy atom. The van der Waals surface area contributed by atoms with Crippen LogP contribution in [0.2, 0.25) is 0 Å². The van der Waals surface area contributed by atoms with Crippen molar-refractivity contribution in [2.75, 3.05) is 13.7 Å². The van der Waals surface area contributed by atoms with Gasteiger partial charge in [-0.2, -0.15) is 0 Å². The molecule has 38 heavy (non-hydrogen) atoms. The average molecular weight is 515 g/mol. The zero-order chi connectivity index (χ0) is 26.4. The van der Waals surface area contributed by atoms with Crippen LogP contribution >= 0.6 is 0 Å². The molecule has 7 rings (SSSR count). The Balaban J connectivity index is 1.30. The van der Waals surface area contributed by atoms with E-state index in [1.807, 2.05) is 0 Å². The van der Waals surface area contributed by atoms with Crippen molar-refractivity contribution >= 4 is 40.8 Å². The lowest BCUT2D eigenvalue weighted by molar-refractivity contribution is -0.125. The van der Waals surface area contributed by atoms with E-state index in [1.165, 1.54) is 12.0 Å². The molecule has 2 fully saturated rings. The third kappa shape index (κ3) is 2.82. The number of amides is 7. The summed E-state index contributed by atoms with van der Waals surface area (Å²) in [5.74, 6) is -0.650. The molecule has 2 atom stereocenters. The van der Waals surface area contributed by atoms with Crippen molar-refractivity contribution in [3.05, 3.63) is 64.4 Å². The summed E-state index contributed by atoms with van der Waals surface area (Å²) in [5.41, 5.74) is 0.354. The maximum atomic E-state index is 13.3. The standard InChI is InChI=1S/C26H21N5O7/c1-37-13-3-2-12-10-31(20(32)15(12)8-13)11-26(22(34)28-24(36)30-26)19-9-16-14-6-7-25(21(33)27-23(35)29-25)17(14)4-5-18(16)38-19/h2-5,8-9H,6-7,10-11H2,1H3,(H2,27,29,33,35)(H2,28,30,34,36)/t25?,26-/m0/s1. The summed E-state index contributed by atoms with van der Waals surface area (Å²) in [6.07, 6.45) is 0.874. The largest absolute Gasteiger partial charge is 0.497 e. The fourth-order valence-electron chi connectivity index (χ4n) is 6.09. The van der Waals surface area contributed by atoms with Crippen molar-refractivity contribution in [3.8, 4) is 5.75 Å². The molecular weight excluding hydrogens is 494 g/mol. The van der Waals surface area contributed by atoms with Gasteiger partial charge in [-0.3, -0.25) is 25.0 Å². The Morgan fingerprint density at radius 3 is 2.47 bits per heavy atom. The second-order valence-corrected chi connectivity index (χ2v) is 9.93. The fraction of sp³-hybridized carbons (Fsp3) is 0.269. The quantitative estimate of drug-likeness (QED) is 0.379. The highest BCUT2D eigenvalue weighted by molar-refractivity contribution is 6.10. The average Bonchev–Trinajstić information content (AvgIpc) is 3.67. The molecular formula is C26H21N5O7. The van der Waals surface area contributed by atoms with Crippen molar-refractivity contribution in [1.29, 1.82) is 0 Å². The number of nitrogens with zero attached hydrogens (tertiary/aromatic N) is 1. The second kappa shape index (κ2) is 7.34. The molecule has 1 spiro atoms. The van der Waals surface area contributed by atoms with Gasteiger partial charge in [-0.1, -0.05) is 12.1 Å². The van der Waals surface area contributed by atoms with Gasteiger partial charge < -0.3 is 24.7 Å². The number of urea groups is 2. The molecule has 12 heteroatoms. The number of imide groups is 2. The highest BCUT2D eigenvalue weighted by atomic mass is 16.5. The molecule has 12 nitrogen and oxygen atoms in total. The van der Waals surface area contributed by atoms with Gasteiger partial charge in [-0.15, -0.1) is 0 Å². The number of carbonyl (C=O) groups is 5. The molecule has 192 valence electrons. The Kier molecular flexibility index (Phi) is 4.31. The van der Waals surface area contributed by atoms with Gasteiger partial charge in [0.25, 0.3) is 17.7 Å². The summed E-state index contributed by atoms with van der Waals surface area (Å²) < 4.78 is 11.4. The normalized spacial score (nSPS) is 25.5. The van der Waals surface area contributed by atoms with E-state index in [0.717, 1.165) is 11.1 Å². The van der Waals surface area contributed by atoms with Crippen molar-refractivity contribution in [2.45, 2.75) is 30.5 Å². The molecule has 1 aromatic heterocycles. The first-order chi connectivity index (χ1) is 18.2. The number of benzene rings is 2. The molecule has 0 saturated carbocycles. The van der Waals surface area contributed by atoms with E-state index in [4.69, 9.17) is 9.15 Å². The van der Waals surface area contributed by atoms with Gasteiger partial charge in [0.2, 0.25) is 0 Å². The Hall–Kier alpha value is -4.87. The van der Waals surface area contributed by atoms with Crippen LogP contribution in [0.15, 0.2) is 40.8 Å². The molecule has 2 saturated heterocycles. The van der Waals surface area contributed by atoms with Gasteiger partial charge in [-0.05, 0) is 53.8 Å². The zero-order valence-corrected chi connectivity index (χ0v) is 20.1. The maximum Gasteiger partial charge on any atom is 0.322 e. The SMILES string of the molecule is COc1ccc2c(c1)C(=O)N(C[C@@]1(c3cc4c5c(ccc4o3)C3(CC5)NC(=O)NC3=O)NC(=O)NC1=O)C2. The van der Waals surface area contributed by atoms with Crippen molar-refractivity contribution < 1.29 is 33.1 Å². The molecule has 3 aliphatic heterocycles. The number of ether oxygens (including phenoxy) is 1. The van der Waals surface area contributed by atoms with Crippen LogP contribution in [0.4, 0.5) is 9.59 Å². The van der Waals surface area contributed by atoms with Crippen LogP contribution in [0, 0.1) is 0 Å². The lowest BCUT2D eigenvalue weighted by atomic mass is 9.91. The first-order valence-corrected chi connectivity index (χ1v) is 12.0. The minimum atomic E-state index is -1.67. The highest BCUT2D eigenvalue weighted by Crippen LogP contribution is 2.44. The van der Waals surface area contributed by atoms with Crippen molar-refractivity contribution in [2.24, 2.45) is 0 Å². The minimum Gasteiger partial charge on any atom is -0.497 e. The minimum absolute atomic E-state index is 0.159. The van der Waals surface area contributed by atoms with E-state index in [9.17, 15) is 24.0 Å². The van der Waals surface area contributed by atoms with Gasteiger partial charge >= 0.3 is 12.1 Å². The first-order valence-electron chi connectivity index (χ1n) is 12.0. The Morgan fingerprint density at radius 2 is 1.76 bits per heavy atom. The molecule has 3 aromatic rings. The van der Waals surface area contributed by atoms with E-state index in [1.54, 1.807) is 36.4 Å². The number of fused-ring (bicyclic) bond motifs is 5. The smallest absolute Gasteiger partial charge is 0.322 e. The van der Waals surface area contributed by atoms with Crippen LogP contribution in [0.25, 0.3) is 11.0 Å². The van der Waals surface area contributed by atoms with E-state index in [-0.39, 0.29) is 24.8 Å². The number of carbonyl (C=O) groups excluding carboxylic acids is 5. The van der Waals surface area contributed by atoms with E-state index >= 15 is 0 Å². The Labute approximate surface area is 214 Å². The number of hydrogen-bond acceptors (Lipinski definition) is 7. The van der Waals surface area contributed by atoms with E-state index in [2.05, 4.69) is 21.3 Å². The monoisotopic (exact) mass is 515 g/mol. The van der Waals surface area contributed by atoms with Crippen LogP contribution in [0.1, 0.15) is 39.2 Å². The lowest BCUT2D eigenvalue weighted by Gasteiger charge is -2.29. The molecule has 4 N–H and O–H groups in total. The summed E-state index contributed by atoms with van der Waals surface area (Å²) in [6.45, 7) is 0.0842. The summed E-state index contributed by atoms with van der Waals surface area (Å²) in [4.78, 5) is 64.9. The molecule has 1 unspecified atom stereocenters. The number of methoxy groups -OCH3 is 1. The predicted molar refractivity (Wildman–Crippen MR) is 129 cm³/mol. The van der Waals surface area contributed by atoms with Crippen molar-refractivity contribution in [1.82, 2.24) is 26.2 Å². The van der Waals surface area contributed by atoms with Crippen LogP contribution in [-0.4, -0.2) is 48.3 Å². The van der Waals surface area contributed by atoms with Gasteiger partial charge in [0, 0.05) is 17.5 Å². The fourth-order valence-corrected chi connectivity index (χ4v) is 6.09. The third-order valence-corrected chi connectivity index (χ3v) is 7.95. The number of furan rings is 1. The second-order valence-electron chi connectivity index (χ2n) is 9.93. The van der Waals surface area contributed by atoms with Gasteiger partial charge in [0.15, 0.2) is 5.54 Å². The number of hydrogen-bond donors (Lipinski definition) is 4. The summed E-state index contributed by atoms with van der Waals surface area (Å²) >= 11 is 0. The maximum absolute atomic E-state index is 13.3. The van der Waals surface area contributed by atoms with E-state index < -0.39 is 35.0 Å². The van der Waals surface area contributed by atoms with Crippen LogP contribution in [0.3, 0.4) is 0 Å². The molecule has 4 heterocycles.